The SMILES string of the molecule is Cc1ccsc1CN(C)C(=O)c1ccccc1O. The zero-order chi connectivity index (χ0) is 13.1. The normalized spacial score (nSPS) is 10.3. The van der Waals surface area contributed by atoms with E-state index in [0.717, 1.165) is 0 Å². The quantitative estimate of drug-likeness (QED) is 0.922. The second-order valence-electron chi connectivity index (χ2n) is 4.21. The Morgan fingerprint density at radius 2 is 2.06 bits per heavy atom. The first kappa shape index (κ1) is 12.6. The third-order valence-electron chi connectivity index (χ3n) is 2.83. The van der Waals surface area contributed by atoms with E-state index in [-0.39, 0.29) is 11.7 Å². The molecule has 0 aliphatic carbocycles. The van der Waals surface area contributed by atoms with Crippen molar-refractivity contribution in [2.24, 2.45) is 0 Å². The number of benzene rings is 1. The highest BCUT2D eigenvalue weighted by Crippen LogP contribution is 2.21. The molecule has 0 spiro atoms. The molecule has 2 rings (SSSR count). The molecule has 0 fully saturated rings. The minimum Gasteiger partial charge on any atom is -0.507 e. The first-order chi connectivity index (χ1) is 8.59. The molecule has 1 aromatic carbocycles. The summed E-state index contributed by atoms with van der Waals surface area (Å²) in [6, 6.07) is 8.65. The zero-order valence-electron chi connectivity index (χ0n) is 10.4. The van der Waals surface area contributed by atoms with Crippen molar-refractivity contribution in [1.82, 2.24) is 4.90 Å². The van der Waals surface area contributed by atoms with Crippen LogP contribution in [0, 0.1) is 6.92 Å². The molecule has 0 atom stereocenters. The molecule has 1 amide bonds. The summed E-state index contributed by atoms with van der Waals surface area (Å²) in [7, 11) is 1.74. The van der Waals surface area contributed by atoms with Gasteiger partial charge in [0.15, 0.2) is 0 Å². The highest BCUT2D eigenvalue weighted by Gasteiger charge is 2.16. The van der Waals surface area contributed by atoms with E-state index in [1.54, 1.807) is 41.5 Å². The lowest BCUT2D eigenvalue weighted by Crippen LogP contribution is -2.26. The van der Waals surface area contributed by atoms with Gasteiger partial charge in [-0.3, -0.25) is 4.79 Å². The van der Waals surface area contributed by atoms with Crippen LogP contribution in [0.3, 0.4) is 0 Å². The van der Waals surface area contributed by atoms with Crippen molar-refractivity contribution < 1.29 is 9.90 Å². The van der Waals surface area contributed by atoms with Gasteiger partial charge in [0.1, 0.15) is 5.75 Å². The maximum Gasteiger partial charge on any atom is 0.257 e. The first-order valence-electron chi connectivity index (χ1n) is 5.66. The molecule has 0 saturated carbocycles. The van der Waals surface area contributed by atoms with E-state index < -0.39 is 0 Å². The number of aromatic hydroxyl groups is 1. The minimum atomic E-state index is -0.166. The molecule has 18 heavy (non-hydrogen) atoms. The topological polar surface area (TPSA) is 40.5 Å². The highest BCUT2D eigenvalue weighted by molar-refractivity contribution is 7.10. The zero-order valence-corrected chi connectivity index (χ0v) is 11.2. The lowest BCUT2D eigenvalue weighted by molar-refractivity contribution is 0.0783. The van der Waals surface area contributed by atoms with Gasteiger partial charge in [-0.1, -0.05) is 12.1 Å². The lowest BCUT2D eigenvalue weighted by atomic mass is 10.1. The summed E-state index contributed by atoms with van der Waals surface area (Å²) in [5.41, 5.74) is 1.53. The Labute approximate surface area is 110 Å². The van der Waals surface area contributed by atoms with E-state index in [1.807, 2.05) is 18.4 Å². The molecule has 0 saturated heterocycles. The van der Waals surface area contributed by atoms with Gasteiger partial charge < -0.3 is 10.0 Å². The predicted octanol–water partition coefficient (Wildman–Crippen LogP) is 3.03. The Balaban J connectivity index is 2.15. The van der Waals surface area contributed by atoms with Crippen LogP contribution >= 0.6 is 11.3 Å². The van der Waals surface area contributed by atoms with Crippen molar-refractivity contribution in [1.29, 1.82) is 0 Å². The summed E-state index contributed by atoms with van der Waals surface area (Å²) < 4.78 is 0. The van der Waals surface area contributed by atoms with Gasteiger partial charge in [0.25, 0.3) is 5.91 Å². The van der Waals surface area contributed by atoms with Crippen molar-refractivity contribution >= 4 is 17.2 Å². The predicted molar refractivity (Wildman–Crippen MR) is 73.0 cm³/mol. The van der Waals surface area contributed by atoms with Crippen LogP contribution in [0.1, 0.15) is 20.8 Å². The van der Waals surface area contributed by atoms with E-state index in [4.69, 9.17) is 0 Å². The third-order valence-corrected chi connectivity index (χ3v) is 3.84. The van der Waals surface area contributed by atoms with Crippen molar-refractivity contribution in [3.63, 3.8) is 0 Å². The maximum atomic E-state index is 12.2. The molecular formula is C14H15NO2S. The van der Waals surface area contributed by atoms with Crippen molar-refractivity contribution in [3.8, 4) is 5.75 Å². The van der Waals surface area contributed by atoms with Crippen LogP contribution < -0.4 is 0 Å². The fourth-order valence-electron chi connectivity index (χ4n) is 1.71. The molecule has 3 nitrogen and oxygen atoms in total. The van der Waals surface area contributed by atoms with Gasteiger partial charge >= 0.3 is 0 Å². The number of nitrogens with zero attached hydrogens (tertiary/aromatic N) is 1. The standard InChI is InChI=1S/C14H15NO2S/c1-10-7-8-18-13(10)9-15(2)14(17)11-5-3-4-6-12(11)16/h3-8,16H,9H2,1-2H3. The van der Waals surface area contributed by atoms with E-state index in [2.05, 4.69) is 0 Å². The molecule has 0 bridgehead atoms. The Morgan fingerprint density at radius 3 is 2.67 bits per heavy atom. The molecule has 0 unspecified atom stereocenters. The van der Waals surface area contributed by atoms with E-state index >= 15 is 0 Å². The number of phenols is 1. The summed E-state index contributed by atoms with van der Waals surface area (Å²) >= 11 is 1.64. The molecule has 1 N–H and O–H groups in total. The average Bonchev–Trinajstić information content (AvgIpc) is 2.75. The largest absolute Gasteiger partial charge is 0.507 e. The third kappa shape index (κ3) is 2.54. The van der Waals surface area contributed by atoms with Crippen LogP contribution in [0.25, 0.3) is 0 Å². The van der Waals surface area contributed by atoms with E-state index in [1.165, 1.54) is 16.5 Å². The summed E-state index contributed by atoms with van der Waals surface area (Å²) in [4.78, 5) is 15.0. The number of rotatable bonds is 3. The van der Waals surface area contributed by atoms with Crippen LogP contribution in [0.2, 0.25) is 0 Å². The average molecular weight is 261 g/mol. The summed E-state index contributed by atoms with van der Waals surface area (Å²) in [6.45, 7) is 2.60. The van der Waals surface area contributed by atoms with Crippen molar-refractivity contribution in [2.45, 2.75) is 13.5 Å². The summed E-state index contributed by atoms with van der Waals surface area (Å²) in [6.07, 6.45) is 0. The number of hydrogen-bond acceptors (Lipinski definition) is 3. The van der Waals surface area contributed by atoms with Gasteiger partial charge in [0.05, 0.1) is 12.1 Å². The van der Waals surface area contributed by atoms with Crippen LogP contribution in [0.4, 0.5) is 0 Å². The van der Waals surface area contributed by atoms with Crippen LogP contribution in [-0.2, 0) is 6.54 Å². The molecule has 0 radical (unpaired) electrons. The Bertz CT molecular complexity index is 562. The van der Waals surface area contributed by atoms with Crippen LogP contribution in [-0.4, -0.2) is 23.0 Å². The Morgan fingerprint density at radius 1 is 1.33 bits per heavy atom. The fourth-order valence-corrected chi connectivity index (χ4v) is 2.67. The number of para-hydroxylation sites is 1. The molecule has 1 heterocycles. The van der Waals surface area contributed by atoms with Gasteiger partial charge in [-0.25, -0.2) is 0 Å². The van der Waals surface area contributed by atoms with Gasteiger partial charge in [-0.2, -0.15) is 0 Å². The van der Waals surface area contributed by atoms with Crippen molar-refractivity contribution in [3.05, 3.63) is 51.7 Å². The van der Waals surface area contributed by atoms with Crippen LogP contribution in [0.5, 0.6) is 5.75 Å². The smallest absolute Gasteiger partial charge is 0.257 e. The first-order valence-corrected chi connectivity index (χ1v) is 6.54. The van der Waals surface area contributed by atoms with Crippen molar-refractivity contribution in [2.75, 3.05) is 7.05 Å². The molecule has 94 valence electrons. The number of carbonyl (C=O) groups excluding carboxylic acids is 1. The number of amides is 1. The molecule has 4 heteroatoms. The maximum absolute atomic E-state index is 12.2. The molecule has 2 aromatic rings. The van der Waals surface area contributed by atoms with Gasteiger partial charge in [0, 0.05) is 11.9 Å². The number of phenolic OH excluding ortho intramolecular Hbond substituents is 1. The Kier molecular flexibility index (Phi) is 3.67. The second-order valence-corrected chi connectivity index (χ2v) is 5.21. The number of thiophene rings is 1. The van der Waals surface area contributed by atoms with Crippen LogP contribution in [0.15, 0.2) is 35.7 Å². The number of carbonyl (C=O) groups is 1. The number of aryl methyl sites for hydroxylation is 1. The van der Waals surface area contributed by atoms with E-state index in [0.29, 0.717) is 12.1 Å². The molecule has 0 aliphatic rings. The summed E-state index contributed by atoms with van der Waals surface area (Å²) in [5, 5.41) is 11.7. The minimum absolute atomic E-state index is 0.0252. The monoisotopic (exact) mass is 261 g/mol. The molecule has 0 aliphatic heterocycles. The highest BCUT2D eigenvalue weighted by atomic mass is 32.1. The van der Waals surface area contributed by atoms with Gasteiger partial charge in [-0.05, 0) is 36.1 Å². The lowest BCUT2D eigenvalue weighted by Gasteiger charge is -2.17. The van der Waals surface area contributed by atoms with Gasteiger partial charge in [0.2, 0.25) is 0 Å². The fraction of sp³-hybridized carbons (Fsp3) is 0.214. The number of hydrogen-bond donors (Lipinski definition) is 1. The van der Waals surface area contributed by atoms with Gasteiger partial charge in [-0.15, -0.1) is 11.3 Å². The van der Waals surface area contributed by atoms with E-state index in [9.17, 15) is 9.90 Å². The Hall–Kier alpha value is -1.81. The second kappa shape index (κ2) is 5.23. The molecule has 1 aromatic heterocycles. The summed E-state index contributed by atoms with van der Waals surface area (Å²) in [5.74, 6) is -0.141. The molecular weight excluding hydrogens is 246 g/mol.